The van der Waals surface area contributed by atoms with Crippen LogP contribution in [0.1, 0.15) is 50.3 Å². The molecule has 1 saturated carbocycles. The van der Waals surface area contributed by atoms with Crippen molar-refractivity contribution in [1.82, 2.24) is 9.78 Å². The summed E-state index contributed by atoms with van der Waals surface area (Å²) in [5, 5.41) is 18.0. The van der Waals surface area contributed by atoms with Gasteiger partial charge in [-0.15, -0.1) is 4.40 Å². The summed E-state index contributed by atoms with van der Waals surface area (Å²) in [5.74, 6) is -0.285. The summed E-state index contributed by atoms with van der Waals surface area (Å²) in [6, 6.07) is 6.32. The van der Waals surface area contributed by atoms with Crippen molar-refractivity contribution >= 4 is 21.5 Å². The molecule has 28 heavy (non-hydrogen) atoms. The van der Waals surface area contributed by atoms with Crippen LogP contribution in [0.3, 0.4) is 0 Å². The molecule has 0 amide bonds. The highest BCUT2D eigenvalue weighted by atomic mass is 32.2. The SMILES string of the molecule is CC(C)c1nn(CC2CCC2)c(=O)c(C2=NS(=O)(=O)c3ccccc3N2)c1O. The van der Waals surface area contributed by atoms with Crippen LogP contribution in [0.2, 0.25) is 0 Å². The van der Waals surface area contributed by atoms with Gasteiger partial charge in [0.25, 0.3) is 15.6 Å². The van der Waals surface area contributed by atoms with Gasteiger partial charge in [-0.25, -0.2) is 4.68 Å². The van der Waals surface area contributed by atoms with E-state index in [2.05, 4.69) is 14.8 Å². The highest BCUT2D eigenvalue weighted by molar-refractivity contribution is 7.90. The van der Waals surface area contributed by atoms with E-state index >= 15 is 0 Å². The van der Waals surface area contributed by atoms with E-state index in [0.29, 0.717) is 23.8 Å². The van der Waals surface area contributed by atoms with Crippen LogP contribution in [-0.4, -0.2) is 29.1 Å². The Morgan fingerprint density at radius 1 is 1.29 bits per heavy atom. The molecule has 1 fully saturated rings. The lowest BCUT2D eigenvalue weighted by molar-refractivity contribution is 0.259. The number of hydrogen-bond donors (Lipinski definition) is 2. The maximum absolute atomic E-state index is 13.1. The second kappa shape index (κ2) is 6.73. The van der Waals surface area contributed by atoms with Crippen LogP contribution in [-0.2, 0) is 16.6 Å². The van der Waals surface area contributed by atoms with E-state index in [1.807, 2.05) is 13.8 Å². The number of nitrogens with zero attached hydrogens (tertiary/aromatic N) is 3. The molecule has 1 aliphatic heterocycles. The van der Waals surface area contributed by atoms with Crippen molar-refractivity contribution in [2.24, 2.45) is 10.3 Å². The Kier molecular flexibility index (Phi) is 4.49. The third kappa shape index (κ3) is 3.09. The fourth-order valence-corrected chi connectivity index (χ4v) is 4.57. The molecule has 9 heteroatoms. The average molecular weight is 402 g/mol. The van der Waals surface area contributed by atoms with Gasteiger partial charge < -0.3 is 10.4 Å². The Labute approximate surface area is 163 Å². The lowest BCUT2D eigenvalue weighted by Crippen LogP contribution is -2.36. The van der Waals surface area contributed by atoms with Crippen molar-refractivity contribution in [3.63, 3.8) is 0 Å². The molecule has 0 spiro atoms. The largest absolute Gasteiger partial charge is 0.505 e. The van der Waals surface area contributed by atoms with Crippen LogP contribution < -0.4 is 10.9 Å². The van der Waals surface area contributed by atoms with E-state index in [4.69, 9.17) is 0 Å². The highest BCUT2D eigenvalue weighted by Gasteiger charge is 2.31. The van der Waals surface area contributed by atoms with Gasteiger partial charge in [-0.3, -0.25) is 4.79 Å². The Morgan fingerprint density at radius 3 is 2.64 bits per heavy atom. The van der Waals surface area contributed by atoms with Crippen LogP contribution in [0.25, 0.3) is 0 Å². The number of aromatic hydroxyl groups is 1. The number of rotatable bonds is 4. The number of para-hydroxylation sites is 1. The Morgan fingerprint density at radius 2 is 2.00 bits per heavy atom. The van der Waals surface area contributed by atoms with Crippen molar-refractivity contribution in [2.75, 3.05) is 5.32 Å². The third-order valence-electron chi connectivity index (χ3n) is 5.23. The smallest absolute Gasteiger partial charge is 0.286 e. The number of amidine groups is 1. The number of fused-ring (bicyclic) bond motifs is 1. The number of aromatic nitrogens is 2. The summed E-state index contributed by atoms with van der Waals surface area (Å²) in [6.07, 6.45) is 3.19. The minimum atomic E-state index is -3.99. The van der Waals surface area contributed by atoms with E-state index in [9.17, 15) is 18.3 Å². The second-order valence-electron chi connectivity index (χ2n) is 7.58. The predicted molar refractivity (Wildman–Crippen MR) is 105 cm³/mol. The van der Waals surface area contributed by atoms with Crippen molar-refractivity contribution < 1.29 is 13.5 Å². The summed E-state index contributed by atoms with van der Waals surface area (Å²) in [4.78, 5) is 13.1. The summed E-state index contributed by atoms with van der Waals surface area (Å²) < 4.78 is 30.3. The lowest BCUT2D eigenvalue weighted by atomic mass is 9.85. The van der Waals surface area contributed by atoms with Gasteiger partial charge >= 0.3 is 0 Å². The molecule has 1 aliphatic carbocycles. The fraction of sp³-hybridized carbons (Fsp3) is 0.421. The van der Waals surface area contributed by atoms with Gasteiger partial charge in [0.2, 0.25) is 0 Å². The summed E-state index contributed by atoms with van der Waals surface area (Å²) in [5.41, 5.74) is -0.0415. The summed E-state index contributed by atoms with van der Waals surface area (Å²) >= 11 is 0. The van der Waals surface area contributed by atoms with Gasteiger partial charge in [0.1, 0.15) is 16.2 Å². The zero-order valence-corrected chi connectivity index (χ0v) is 16.5. The van der Waals surface area contributed by atoms with Crippen LogP contribution in [0.15, 0.2) is 38.4 Å². The number of hydrogen-bond acceptors (Lipinski definition) is 6. The van der Waals surface area contributed by atoms with Crippen LogP contribution >= 0.6 is 0 Å². The number of sulfonamides is 1. The molecular weight excluding hydrogens is 380 g/mol. The molecule has 1 aromatic carbocycles. The summed E-state index contributed by atoms with van der Waals surface area (Å²) in [6.45, 7) is 4.15. The molecule has 0 saturated heterocycles. The number of benzene rings is 1. The number of nitrogens with one attached hydrogen (secondary N) is 1. The molecule has 2 N–H and O–H groups in total. The van der Waals surface area contributed by atoms with Crippen LogP contribution in [0.5, 0.6) is 5.75 Å². The van der Waals surface area contributed by atoms with Crippen molar-refractivity contribution in [1.29, 1.82) is 0 Å². The molecule has 2 heterocycles. The molecule has 8 nitrogen and oxygen atoms in total. The molecule has 1 aromatic heterocycles. The Hall–Kier alpha value is -2.68. The molecule has 0 radical (unpaired) electrons. The Bertz CT molecular complexity index is 1130. The van der Waals surface area contributed by atoms with Gasteiger partial charge in [0.05, 0.1) is 5.69 Å². The predicted octanol–water partition coefficient (Wildman–Crippen LogP) is 2.43. The van der Waals surface area contributed by atoms with Crippen molar-refractivity contribution in [2.45, 2.75) is 50.5 Å². The van der Waals surface area contributed by atoms with E-state index < -0.39 is 15.6 Å². The van der Waals surface area contributed by atoms with E-state index in [0.717, 1.165) is 19.3 Å². The first-order chi connectivity index (χ1) is 13.3. The van der Waals surface area contributed by atoms with Gasteiger partial charge in [0, 0.05) is 12.5 Å². The molecular formula is C19H22N4O4S. The van der Waals surface area contributed by atoms with Crippen LogP contribution in [0, 0.1) is 5.92 Å². The Balaban J connectivity index is 1.89. The second-order valence-corrected chi connectivity index (χ2v) is 9.16. The van der Waals surface area contributed by atoms with Gasteiger partial charge in [-0.2, -0.15) is 13.5 Å². The molecule has 4 rings (SSSR count). The monoisotopic (exact) mass is 402 g/mol. The maximum atomic E-state index is 13.1. The molecule has 0 unspecified atom stereocenters. The van der Waals surface area contributed by atoms with Gasteiger partial charge in [-0.1, -0.05) is 32.4 Å². The first-order valence-electron chi connectivity index (χ1n) is 9.33. The quantitative estimate of drug-likeness (QED) is 0.812. The molecule has 0 atom stereocenters. The van der Waals surface area contributed by atoms with Crippen molar-refractivity contribution in [3.05, 3.63) is 45.9 Å². The topological polar surface area (TPSA) is 114 Å². The fourth-order valence-electron chi connectivity index (χ4n) is 3.45. The first kappa shape index (κ1) is 18.7. The standard InChI is InChI=1S/C19H22N4O4S/c1-11(2)16-17(24)15(19(25)23(21-16)10-12-6-5-7-12)18-20-13-8-3-4-9-14(13)28(26,27)22-18/h3-4,8-9,11-12,24H,5-7,10H2,1-2H3,(H,20,22). The van der Waals surface area contributed by atoms with Crippen LogP contribution in [0.4, 0.5) is 5.69 Å². The van der Waals surface area contributed by atoms with E-state index in [1.165, 1.54) is 10.7 Å². The lowest BCUT2D eigenvalue weighted by Gasteiger charge is -2.26. The number of anilines is 1. The highest BCUT2D eigenvalue weighted by Crippen LogP contribution is 2.32. The van der Waals surface area contributed by atoms with Crippen molar-refractivity contribution in [3.8, 4) is 5.75 Å². The minimum absolute atomic E-state index is 0.0335. The van der Waals surface area contributed by atoms with E-state index in [1.54, 1.807) is 18.2 Å². The third-order valence-corrected chi connectivity index (χ3v) is 6.56. The van der Waals surface area contributed by atoms with Gasteiger partial charge in [0.15, 0.2) is 11.6 Å². The molecule has 2 aromatic rings. The minimum Gasteiger partial charge on any atom is -0.505 e. The first-order valence-corrected chi connectivity index (χ1v) is 10.8. The molecule has 2 aliphatic rings. The molecule has 0 bridgehead atoms. The van der Waals surface area contributed by atoms with Gasteiger partial charge in [-0.05, 0) is 30.9 Å². The molecule has 148 valence electrons. The van der Waals surface area contributed by atoms with E-state index in [-0.39, 0.29) is 28.0 Å². The summed E-state index contributed by atoms with van der Waals surface area (Å²) in [7, 11) is -3.99. The zero-order valence-electron chi connectivity index (χ0n) is 15.7. The zero-order chi connectivity index (χ0) is 20.1. The maximum Gasteiger partial charge on any atom is 0.286 e. The normalized spacial score (nSPS) is 18.2. The average Bonchev–Trinajstić information content (AvgIpc) is 2.59.